The van der Waals surface area contributed by atoms with E-state index in [2.05, 4.69) is 21.3 Å². The summed E-state index contributed by atoms with van der Waals surface area (Å²) < 4.78 is 0. The average Bonchev–Trinajstić information content (AvgIpc) is 1.16. The van der Waals surface area contributed by atoms with Gasteiger partial charge in [0.1, 0.15) is 60.4 Å². The van der Waals surface area contributed by atoms with Crippen LogP contribution in [0.15, 0.2) is 12.2 Å². The van der Waals surface area contributed by atoms with Crippen LogP contribution in [0.4, 0.5) is 0 Å². The van der Waals surface area contributed by atoms with E-state index in [4.69, 9.17) is 0 Å². The third kappa shape index (κ3) is 22.1. The van der Waals surface area contributed by atoms with Gasteiger partial charge in [0.05, 0.1) is 12.6 Å². The molecule has 87 heavy (non-hydrogen) atoms. The molecule has 0 radical (unpaired) electrons. The lowest BCUT2D eigenvalue weighted by Gasteiger charge is -2.41. The summed E-state index contributed by atoms with van der Waals surface area (Å²) in [5, 5.41) is 33.3. The molecule has 1 unspecified atom stereocenters. The zero-order valence-electron chi connectivity index (χ0n) is 57.1. The maximum absolute atomic E-state index is 15.2. The Morgan fingerprint density at radius 1 is 0.448 bits per heavy atom. The van der Waals surface area contributed by atoms with Crippen LogP contribution >= 0.6 is 0 Å². The summed E-state index contributed by atoms with van der Waals surface area (Å²) in [6.45, 7) is 28.4. The Morgan fingerprint density at radius 3 is 1.31 bits per heavy atom. The Labute approximate surface area is 520 Å². The van der Waals surface area contributed by atoms with Crippen molar-refractivity contribution in [2.75, 3.05) is 62.5 Å². The van der Waals surface area contributed by atoms with E-state index in [1.54, 1.807) is 74.5 Å². The lowest BCUT2D eigenvalue weighted by atomic mass is 9.91. The molecule has 24 nitrogen and oxygen atoms in total. The van der Waals surface area contributed by atoms with E-state index in [0.29, 0.717) is 6.42 Å². The predicted molar refractivity (Wildman–Crippen MR) is 334 cm³/mol. The normalized spacial score (nSPS) is 26.9. The molecule has 0 aromatic rings. The van der Waals surface area contributed by atoms with Crippen molar-refractivity contribution in [3.8, 4) is 0 Å². The number of allylic oxidation sites excluding steroid dienone is 2. The number of likely N-dealkylation sites (N-methyl/N-ethyl adjacent to an activating group) is 7. The highest BCUT2D eigenvalue weighted by Gasteiger charge is 2.46. The Kier molecular flexibility index (Phi) is 32.4. The van der Waals surface area contributed by atoms with E-state index in [0.717, 1.165) is 14.7 Å². The molecular weight excluding hydrogens is 1120 g/mol. The second kappa shape index (κ2) is 35.7. The zero-order chi connectivity index (χ0) is 67.6. The summed E-state index contributed by atoms with van der Waals surface area (Å²) in [6, 6.07) is -12.8. The molecule has 24 heteroatoms. The summed E-state index contributed by atoms with van der Waals surface area (Å²) in [7, 11) is 9.76. The van der Waals surface area contributed by atoms with Gasteiger partial charge < -0.3 is 65.8 Å². The van der Waals surface area contributed by atoms with Crippen LogP contribution in [0.3, 0.4) is 0 Å². The third-order valence-corrected chi connectivity index (χ3v) is 16.5. The van der Waals surface area contributed by atoms with Gasteiger partial charge in [-0.25, -0.2) is 0 Å². The van der Waals surface area contributed by atoms with Crippen LogP contribution in [0, 0.1) is 47.3 Å². The molecule has 0 aromatic heterocycles. The Bertz CT molecular complexity index is 2380. The summed E-state index contributed by atoms with van der Waals surface area (Å²) in [5.74, 6) is -11.3. The summed E-state index contributed by atoms with van der Waals surface area (Å²) in [6.07, 6.45) is 2.68. The molecule has 0 aromatic carbocycles. The summed E-state index contributed by atoms with van der Waals surface area (Å²) in [4.78, 5) is 169. The fourth-order valence-corrected chi connectivity index (χ4v) is 10.8. The van der Waals surface area contributed by atoms with Gasteiger partial charge in [-0.3, -0.25) is 52.7 Å². The standard InChI is InChI=1S/C63H113N11O13/c1-25-26-27-41(15)53(77)52-57(81)67-49(37(8)9)61(85)68(18)32-48(76)69(19)45(31-40(14)33-75)56(80)66-50(38(10)11)62(86)70(20)44(28-34(2)3)55(79)64-42(16)54(78)65-43(17)58(82)71(21)46(29-35(4)5)59(83)72(22)47(30-36(6)7)60(84)73(23)51(39(12)13)63(87)74(52)24/h25-26,34-47,49-53,75,77H,27-33H2,1-24H3,(H,64,79)(H,65,78)(H,66,80)(H,67,81)/b26-25+/t40?,41-,42+,43-,44+,45+,46+,47+,49+,50+,51+,52+,53-/m1/s1. The molecule has 1 saturated heterocycles. The molecule has 11 amide bonds. The maximum Gasteiger partial charge on any atom is 0.246 e. The first-order valence-electron chi connectivity index (χ1n) is 31.1. The van der Waals surface area contributed by atoms with Crippen LogP contribution < -0.4 is 21.3 Å². The number of amides is 11. The smallest absolute Gasteiger partial charge is 0.246 e. The number of aliphatic hydroxyl groups is 2. The van der Waals surface area contributed by atoms with E-state index in [-0.39, 0.29) is 50.0 Å². The second-order valence-electron chi connectivity index (χ2n) is 26.7. The van der Waals surface area contributed by atoms with Gasteiger partial charge in [-0.2, -0.15) is 0 Å². The minimum Gasteiger partial charge on any atom is -0.396 e. The van der Waals surface area contributed by atoms with Gasteiger partial charge in [0.2, 0.25) is 65.0 Å². The van der Waals surface area contributed by atoms with Crippen LogP contribution in [0.5, 0.6) is 0 Å². The van der Waals surface area contributed by atoms with Crippen molar-refractivity contribution in [3.05, 3.63) is 12.2 Å². The van der Waals surface area contributed by atoms with Crippen molar-refractivity contribution in [2.24, 2.45) is 47.3 Å². The van der Waals surface area contributed by atoms with Crippen LogP contribution in [-0.2, 0) is 52.7 Å². The predicted octanol–water partition coefficient (Wildman–Crippen LogP) is 2.49. The number of carbonyl (C=O) groups is 11. The number of nitrogens with zero attached hydrogens (tertiary/aromatic N) is 7. The summed E-state index contributed by atoms with van der Waals surface area (Å²) >= 11 is 0. The molecule has 0 bridgehead atoms. The first kappa shape index (κ1) is 78.8. The van der Waals surface area contributed by atoms with Crippen LogP contribution in [0.2, 0.25) is 0 Å². The SMILES string of the molecule is C/C=C/C[C@@H](C)[C@@H](O)[C@H]1C(=O)N[C@@H](C(C)C)C(=O)N(C)CC(=O)N(C)[C@@H](CC(C)CO)C(=O)N[C@@H](C(C)C)C(=O)N(C)[C@@H](CC(C)C)C(=O)N[C@@H](C)C(=O)N[C@H](C)C(=O)N(C)[C@@H](CC(C)C)C(=O)N(C)[C@@H](CC(C)C)C(=O)N(C)[C@@H](C(C)C)C(=O)N1C. The van der Waals surface area contributed by atoms with Gasteiger partial charge >= 0.3 is 0 Å². The third-order valence-electron chi connectivity index (χ3n) is 16.5. The number of carbonyl (C=O) groups excluding carboxylic acids is 11. The molecule has 0 saturated carbocycles. The maximum atomic E-state index is 15.2. The number of nitrogens with one attached hydrogen (secondary N) is 4. The Hall–Kier alpha value is -6.17. The molecule has 1 aliphatic heterocycles. The first-order valence-corrected chi connectivity index (χ1v) is 31.1. The van der Waals surface area contributed by atoms with Crippen molar-refractivity contribution >= 4 is 65.0 Å². The second-order valence-corrected chi connectivity index (χ2v) is 26.7. The highest BCUT2D eigenvalue weighted by atomic mass is 16.3. The van der Waals surface area contributed by atoms with Crippen molar-refractivity contribution < 1.29 is 63.0 Å². The molecule has 6 N–H and O–H groups in total. The number of rotatable bonds is 16. The number of hydrogen-bond donors (Lipinski definition) is 6. The summed E-state index contributed by atoms with van der Waals surface area (Å²) in [5.41, 5.74) is 0. The lowest BCUT2D eigenvalue weighted by Crippen LogP contribution is -2.64. The molecule has 1 rings (SSSR count). The lowest BCUT2D eigenvalue weighted by molar-refractivity contribution is -0.157. The molecule has 1 heterocycles. The molecule has 0 aliphatic carbocycles. The van der Waals surface area contributed by atoms with E-state index in [1.807, 2.05) is 41.5 Å². The monoisotopic (exact) mass is 1230 g/mol. The molecule has 498 valence electrons. The van der Waals surface area contributed by atoms with Crippen LogP contribution in [-0.4, -0.2) is 238 Å². The number of aliphatic hydroxyl groups excluding tert-OH is 2. The average molecular weight is 1230 g/mol. The first-order chi connectivity index (χ1) is 40.1. The van der Waals surface area contributed by atoms with Gasteiger partial charge in [-0.15, -0.1) is 0 Å². The molecule has 1 fully saturated rings. The van der Waals surface area contributed by atoms with Crippen molar-refractivity contribution in [1.82, 2.24) is 55.6 Å². The molecular formula is C63H113N11O13. The topological polar surface area (TPSA) is 299 Å². The fraction of sp³-hybridized carbons (Fsp3) is 0.794. The van der Waals surface area contributed by atoms with Gasteiger partial charge in [0, 0.05) is 55.9 Å². The Balaban J connectivity index is 4.39. The fourth-order valence-electron chi connectivity index (χ4n) is 10.8. The van der Waals surface area contributed by atoms with E-state index in [1.165, 1.54) is 82.8 Å². The van der Waals surface area contributed by atoms with E-state index in [9.17, 15) is 53.4 Å². The quantitative estimate of drug-likeness (QED) is 0.121. The Morgan fingerprint density at radius 2 is 0.851 bits per heavy atom. The van der Waals surface area contributed by atoms with Gasteiger partial charge in [0.15, 0.2) is 0 Å². The highest BCUT2D eigenvalue weighted by molar-refractivity contribution is 5.99. The minimum atomic E-state index is -1.64. The van der Waals surface area contributed by atoms with Crippen LogP contribution in [0.25, 0.3) is 0 Å². The molecule has 0 spiro atoms. The van der Waals surface area contributed by atoms with Gasteiger partial charge in [-0.1, -0.05) is 109 Å². The van der Waals surface area contributed by atoms with Crippen LogP contribution in [0.1, 0.15) is 150 Å². The van der Waals surface area contributed by atoms with E-state index >= 15 is 9.59 Å². The van der Waals surface area contributed by atoms with Crippen molar-refractivity contribution in [1.29, 1.82) is 0 Å². The van der Waals surface area contributed by atoms with Crippen molar-refractivity contribution in [3.63, 3.8) is 0 Å². The minimum absolute atomic E-state index is 0.0726. The molecule has 13 atom stereocenters. The highest BCUT2D eigenvalue weighted by Crippen LogP contribution is 2.26. The largest absolute Gasteiger partial charge is 0.396 e. The van der Waals surface area contributed by atoms with Crippen molar-refractivity contribution in [2.45, 2.75) is 216 Å². The van der Waals surface area contributed by atoms with Gasteiger partial charge in [0.25, 0.3) is 0 Å². The van der Waals surface area contributed by atoms with Gasteiger partial charge in [-0.05, 0) is 100 Å². The number of hydrogen-bond acceptors (Lipinski definition) is 13. The zero-order valence-corrected chi connectivity index (χ0v) is 57.1. The molecule has 1 aliphatic rings. The van der Waals surface area contributed by atoms with E-state index < -0.39 is 168 Å².